The molecular weight excluding hydrogens is 480 g/mol. The molecule has 3 aromatic rings. The molecule has 2 aliphatic rings. The average molecular weight is 507 g/mol. The van der Waals surface area contributed by atoms with Crippen LogP contribution in [-0.4, -0.2) is 55.0 Å². The van der Waals surface area contributed by atoms with Crippen molar-refractivity contribution in [3.05, 3.63) is 53.2 Å². The number of aromatic nitrogens is 5. The van der Waals surface area contributed by atoms with Gasteiger partial charge < -0.3 is 9.47 Å². The maximum atomic E-state index is 14.7. The molecule has 0 unspecified atom stereocenters. The number of hydrogen-bond acceptors (Lipinski definition) is 6. The number of alkyl halides is 3. The molecule has 1 saturated heterocycles. The third-order valence-electron chi connectivity index (χ3n) is 7.30. The van der Waals surface area contributed by atoms with Crippen molar-refractivity contribution in [1.82, 2.24) is 29.6 Å². The van der Waals surface area contributed by atoms with Crippen molar-refractivity contribution in [3.63, 3.8) is 0 Å². The highest BCUT2D eigenvalue weighted by atomic mass is 32.2. The molecule has 0 bridgehead atoms. The normalized spacial score (nSPS) is 24.1. The van der Waals surface area contributed by atoms with Crippen LogP contribution >= 0.6 is 11.8 Å². The highest BCUT2D eigenvalue weighted by molar-refractivity contribution is 7.99. The fraction of sp³-hybridized carbons (Fsp3) is 0.500. The topological polar surface area (TPSA) is 59.7 Å². The first-order valence-corrected chi connectivity index (χ1v) is 12.4. The van der Waals surface area contributed by atoms with E-state index >= 15 is 0 Å². The number of nitrogens with zero attached hydrogens (tertiary/aromatic N) is 6. The zero-order chi connectivity index (χ0) is 25.0. The Balaban J connectivity index is 1.17. The lowest BCUT2D eigenvalue weighted by Crippen LogP contribution is -2.28. The van der Waals surface area contributed by atoms with E-state index in [4.69, 9.17) is 0 Å². The zero-order valence-corrected chi connectivity index (χ0v) is 20.5. The number of fused-ring (bicyclic) bond motifs is 1. The third kappa shape index (κ3) is 4.33. The largest absolute Gasteiger partial charge is 0.416 e. The molecule has 1 aliphatic heterocycles. The first kappa shape index (κ1) is 24.2. The van der Waals surface area contributed by atoms with Gasteiger partial charge in [-0.1, -0.05) is 24.8 Å². The molecule has 0 spiro atoms. The highest BCUT2D eigenvalue weighted by Crippen LogP contribution is 2.69. The predicted octanol–water partition coefficient (Wildman–Crippen LogP) is 4.88. The molecule has 0 radical (unpaired) electrons. The Morgan fingerprint density at radius 3 is 2.60 bits per heavy atom. The second-order valence-electron chi connectivity index (χ2n) is 9.83. The van der Waals surface area contributed by atoms with Gasteiger partial charge in [-0.15, -0.1) is 10.2 Å². The molecule has 0 N–H and O–H groups in total. The van der Waals surface area contributed by atoms with Gasteiger partial charge in [-0.25, -0.2) is 9.37 Å². The van der Waals surface area contributed by atoms with Gasteiger partial charge in [0.2, 0.25) is 0 Å². The smallest absolute Gasteiger partial charge is 0.304 e. The minimum Gasteiger partial charge on any atom is -0.304 e. The summed E-state index contributed by atoms with van der Waals surface area (Å²) in [6.45, 7) is 6.30. The quantitative estimate of drug-likeness (QED) is 0.259. The monoisotopic (exact) mass is 506 g/mol. The summed E-state index contributed by atoms with van der Waals surface area (Å²) >= 11 is 1.61. The van der Waals surface area contributed by atoms with Crippen molar-refractivity contribution in [2.75, 3.05) is 25.4 Å². The molecule has 186 valence electrons. The van der Waals surface area contributed by atoms with Crippen molar-refractivity contribution in [1.29, 1.82) is 0 Å². The SMILES string of the molecule is Cc1cnc(-c2nnc(SCCCN3C[C@@]4(C)C[C@]4(c4ccc(C(F)(F)F)cc4F)C3)n2C)cn1. The summed E-state index contributed by atoms with van der Waals surface area (Å²) in [5.41, 5.74) is 0.474. The van der Waals surface area contributed by atoms with Gasteiger partial charge in [0.05, 0.1) is 17.5 Å². The highest BCUT2D eigenvalue weighted by Gasteiger charge is 2.70. The maximum absolute atomic E-state index is 14.7. The summed E-state index contributed by atoms with van der Waals surface area (Å²) in [5, 5.41) is 9.31. The molecule has 11 heteroatoms. The van der Waals surface area contributed by atoms with Crippen LogP contribution in [0.25, 0.3) is 11.5 Å². The van der Waals surface area contributed by atoms with Gasteiger partial charge in [-0.2, -0.15) is 13.2 Å². The van der Waals surface area contributed by atoms with E-state index in [1.807, 2.05) is 18.5 Å². The Morgan fingerprint density at radius 1 is 1.11 bits per heavy atom. The van der Waals surface area contributed by atoms with Crippen LogP contribution in [0.1, 0.15) is 36.6 Å². The molecule has 1 aliphatic carbocycles. The van der Waals surface area contributed by atoms with Crippen LogP contribution in [0, 0.1) is 18.2 Å². The van der Waals surface area contributed by atoms with Crippen molar-refractivity contribution in [2.24, 2.45) is 12.5 Å². The Labute approximate surface area is 205 Å². The zero-order valence-electron chi connectivity index (χ0n) is 19.7. The molecule has 6 nitrogen and oxygen atoms in total. The summed E-state index contributed by atoms with van der Waals surface area (Å²) in [6, 6.07) is 2.98. The summed E-state index contributed by atoms with van der Waals surface area (Å²) in [7, 11) is 1.90. The summed E-state index contributed by atoms with van der Waals surface area (Å²) in [5.74, 6) is 0.741. The van der Waals surface area contributed by atoms with Gasteiger partial charge >= 0.3 is 6.18 Å². The van der Waals surface area contributed by atoms with E-state index in [0.29, 0.717) is 29.7 Å². The Morgan fingerprint density at radius 2 is 1.91 bits per heavy atom. The number of piperidine rings is 1. The first-order valence-electron chi connectivity index (χ1n) is 11.4. The van der Waals surface area contributed by atoms with Gasteiger partial charge in [0.1, 0.15) is 11.5 Å². The summed E-state index contributed by atoms with van der Waals surface area (Å²) in [6.07, 6.45) is 0.542. The summed E-state index contributed by atoms with van der Waals surface area (Å²) in [4.78, 5) is 10.9. The van der Waals surface area contributed by atoms with E-state index in [-0.39, 0.29) is 5.41 Å². The number of hydrogen-bond donors (Lipinski definition) is 0. The maximum Gasteiger partial charge on any atom is 0.416 e. The van der Waals surface area contributed by atoms with Gasteiger partial charge in [0.15, 0.2) is 11.0 Å². The lowest BCUT2D eigenvalue weighted by Gasteiger charge is -2.21. The van der Waals surface area contributed by atoms with Crippen molar-refractivity contribution < 1.29 is 17.6 Å². The lowest BCUT2D eigenvalue weighted by atomic mass is 9.88. The Bertz CT molecular complexity index is 1240. The minimum absolute atomic E-state index is 0.103. The van der Waals surface area contributed by atoms with Gasteiger partial charge in [0, 0.05) is 37.5 Å². The van der Waals surface area contributed by atoms with E-state index in [1.165, 1.54) is 6.07 Å². The molecule has 2 aromatic heterocycles. The third-order valence-corrected chi connectivity index (χ3v) is 8.40. The van der Waals surface area contributed by atoms with E-state index in [2.05, 4.69) is 32.0 Å². The Kier molecular flexibility index (Phi) is 5.90. The number of aryl methyl sites for hydroxylation is 1. The van der Waals surface area contributed by atoms with Crippen LogP contribution in [0.2, 0.25) is 0 Å². The van der Waals surface area contributed by atoms with Crippen LogP contribution in [0.5, 0.6) is 0 Å². The van der Waals surface area contributed by atoms with E-state index < -0.39 is 23.0 Å². The predicted molar refractivity (Wildman–Crippen MR) is 124 cm³/mol. The van der Waals surface area contributed by atoms with Gasteiger partial charge in [-0.3, -0.25) is 4.98 Å². The average Bonchev–Trinajstić information content (AvgIpc) is 3.05. The van der Waals surface area contributed by atoms with Gasteiger partial charge in [-0.05, 0) is 49.4 Å². The summed E-state index contributed by atoms with van der Waals surface area (Å²) < 4.78 is 55.5. The molecular formula is C24H26F4N6S. The first-order chi connectivity index (χ1) is 16.5. The standard InChI is InChI=1S/C24H26F4N6S/c1-15-10-30-19(11-29-15)20-31-32-21(33(20)3)35-8-4-7-34-13-22(2)12-23(22,14-34)17-6-5-16(9-18(17)25)24(26,27)28/h5-6,9-11H,4,7-8,12-14H2,1-3H3/t22-,23-/m1/s1. The molecule has 2 fully saturated rings. The fourth-order valence-electron chi connectivity index (χ4n) is 5.37. The molecule has 35 heavy (non-hydrogen) atoms. The number of rotatable bonds is 7. The number of likely N-dealkylation sites (tertiary alicyclic amines) is 1. The number of halogens is 4. The Hall–Kier alpha value is -2.53. The fourth-order valence-corrected chi connectivity index (χ4v) is 6.21. The molecule has 2 atom stereocenters. The second-order valence-corrected chi connectivity index (χ2v) is 10.9. The molecule has 0 amide bonds. The minimum atomic E-state index is -4.54. The molecule has 1 aromatic carbocycles. The van der Waals surface area contributed by atoms with E-state index in [1.54, 1.807) is 24.2 Å². The second kappa shape index (κ2) is 8.55. The van der Waals surface area contributed by atoms with Crippen molar-refractivity contribution in [2.45, 2.75) is 43.4 Å². The van der Waals surface area contributed by atoms with Crippen LogP contribution in [0.15, 0.2) is 35.7 Å². The van der Waals surface area contributed by atoms with Crippen LogP contribution in [0.4, 0.5) is 17.6 Å². The van der Waals surface area contributed by atoms with Crippen LogP contribution in [0.3, 0.4) is 0 Å². The molecule has 3 heterocycles. The lowest BCUT2D eigenvalue weighted by molar-refractivity contribution is -0.137. The van der Waals surface area contributed by atoms with E-state index in [9.17, 15) is 17.6 Å². The van der Waals surface area contributed by atoms with Crippen LogP contribution < -0.4 is 0 Å². The van der Waals surface area contributed by atoms with E-state index in [0.717, 1.165) is 48.6 Å². The van der Waals surface area contributed by atoms with Crippen molar-refractivity contribution >= 4 is 11.8 Å². The molecule has 5 rings (SSSR count). The van der Waals surface area contributed by atoms with Gasteiger partial charge in [0.25, 0.3) is 0 Å². The number of thioether (sulfide) groups is 1. The number of benzene rings is 1. The molecule has 1 saturated carbocycles. The van der Waals surface area contributed by atoms with Crippen LogP contribution in [-0.2, 0) is 18.6 Å². The van der Waals surface area contributed by atoms with Crippen molar-refractivity contribution in [3.8, 4) is 11.5 Å².